The Bertz CT molecular complexity index is 318. The zero-order valence-electron chi connectivity index (χ0n) is 12.1. The number of hydrogen-bond donors (Lipinski definition) is 4. The van der Waals surface area contributed by atoms with Crippen LogP contribution in [0.1, 0.15) is 27.7 Å². The fraction of sp³-hybridized carbons (Fsp3) is 0.667. The monoisotopic (exact) mass is 290 g/mol. The molecule has 0 aliphatic heterocycles. The van der Waals surface area contributed by atoms with E-state index in [1.807, 2.05) is 0 Å². The molecule has 0 radical (unpaired) electrons. The van der Waals surface area contributed by atoms with Crippen LogP contribution in [0.3, 0.4) is 0 Å². The Labute approximate surface area is 117 Å². The van der Waals surface area contributed by atoms with Gasteiger partial charge in [-0.2, -0.15) is 0 Å². The summed E-state index contributed by atoms with van der Waals surface area (Å²) < 4.78 is 0. The molecule has 0 aromatic heterocycles. The Hall–Kier alpha value is -2.12. The van der Waals surface area contributed by atoms with Crippen LogP contribution >= 0.6 is 0 Å². The molecule has 0 spiro atoms. The lowest BCUT2D eigenvalue weighted by Gasteiger charge is -2.03. The van der Waals surface area contributed by atoms with Gasteiger partial charge in [-0.25, -0.2) is 0 Å². The molecule has 8 heteroatoms. The first-order valence-electron chi connectivity index (χ1n) is 6.06. The van der Waals surface area contributed by atoms with E-state index in [-0.39, 0.29) is 36.7 Å². The molecule has 0 atom stereocenters. The lowest BCUT2D eigenvalue weighted by atomic mass is 10.2. The van der Waals surface area contributed by atoms with Crippen LogP contribution in [0.2, 0.25) is 0 Å². The van der Waals surface area contributed by atoms with Gasteiger partial charge in [0.2, 0.25) is 11.8 Å². The molecule has 0 saturated carbocycles. The van der Waals surface area contributed by atoms with E-state index < -0.39 is 11.9 Å². The summed E-state index contributed by atoms with van der Waals surface area (Å²) in [4.78, 5) is 41.2. The molecule has 2 amide bonds. The highest BCUT2D eigenvalue weighted by atomic mass is 16.4. The summed E-state index contributed by atoms with van der Waals surface area (Å²) in [6.07, 6.45) is 0. The third kappa shape index (κ3) is 13.9. The van der Waals surface area contributed by atoms with Crippen LogP contribution in [0.4, 0.5) is 0 Å². The highest BCUT2D eigenvalue weighted by Crippen LogP contribution is 1.89. The zero-order valence-corrected chi connectivity index (χ0v) is 12.1. The first-order valence-corrected chi connectivity index (χ1v) is 6.06. The highest BCUT2D eigenvalue weighted by Gasteiger charge is 2.07. The summed E-state index contributed by atoms with van der Waals surface area (Å²) in [5.41, 5.74) is 0. The van der Waals surface area contributed by atoms with E-state index in [2.05, 4.69) is 10.6 Å². The van der Waals surface area contributed by atoms with Gasteiger partial charge in [-0.1, -0.05) is 27.7 Å². The average molecular weight is 290 g/mol. The Morgan fingerprint density at radius 3 is 1.15 bits per heavy atom. The maximum atomic E-state index is 10.7. The molecular weight excluding hydrogens is 268 g/mol. The summed E-state index contributed by atoms with van der Waals surface area (Å²) in [7, 11) is 0. The normalized spacial score (nSPS) is 9.50. The van der Waals surface area contributed by atoms with Crippen molar-refractivity contribution in [2.45, 2.75) is 27.7 Å². The molecule has 116 valence electrons. The lowest BCUT2D eigenvalue weighted by molar-refractivity contribution is -0.138. The van der Waals surface area contributed by atoms with Crippen LogP contribution in [0.5, 0.6) is 0 Å². The van der Waals surface area contributed by atoms with Crippen molar-refractivity contribution in [3.63, 3.8) is 0 Å². The van der Waals surface area contributed by atoms with Crippen molar-refractivity contribution in [3.8, 4) is 0 Å². The quantitative estimate of drug-likeness (QED) is 0.530. The van der Waals surface area contributed by atoms with Crippen LogP contribution in [0.15, 0.2) is 0 Å². The number of hydrogen-bond acceptors (Lipinski definition) is 4. The van der Waals surface area contributed by atoms with Gasteiger partial charge in [-0.3, -0.25) is 19.2 Å². The third-order valence-corrected chi connectivity index (χ3v) is 1.88. The van der Waals surface area contributed by atoms with Gasteiger partial charge in [-0.15, -0.1) is 0 Å². The van der Waals surface area contributed by atoms with Gasteiger partial charge in [0.1, 0.15) is 13.1 Å². The molecule has 0 fully saturated rings. The minimum absolute atomic E-state index is 0.153. The number of carbonyl (C=O) groups is 4. The molecule has 8 nitrogen and oxygen atoms in total. The molecule has 0 rings (SSSR count). The first kappa shape index (κ1) is 20.2. The number of nitrogens with one attached hydrogen (secondary N) is 2. The molecule has 0 bridgehead atoms. The van der Waals surface area contributed by atoms with Crippen molar-refractivity contribution in [1.82, 2.24) is 10.6 Å². The topological polar surface area (TPSA) is 133 Å². The third-order valence-electron chi connectivity index (χ3n) is 1.88. The van der Waals surface area contributed by atoms with Crippen LogP contribution < -0.4 is 10.6 Å². The van der Waals surface area contributed by atoms with Crippen molar-refractivity contribution in [2.24, 2.45) is 11.8 Å². The van der Waals surface area contributed by atoms with Gasteiger partial charge in [-0.05, 0) is 0 Å². The molecule has 20 heavy (non-hydrogen) atoms. The average Bonchev–Trinajstić information content (AvgIpc) is 2.33. The number of carboxylic acid groups (broad SMARTS) is 2. The lowest BCUT2D eigenvalue weighted by Crippen LogP contribution is -2.32. The van der Waals surface area contributed by atoms with Crippen molar-refractivity contribution in [2.75, 3.05) is 13.1 Å². The summed E-state index contributed by atoms with van der Waals surface area (Å²) in [6.45, 7) is 6.23. The number of carboxylic acids is 2. The fourth-order valence-electron chi connectivity index (χ4n) is 0.734. The van der Waals surface area contributed by atoms with Gasteiger partial charge >= 0.3 is 11.9 Å². The molecule has 0 aliphatic rings. The van der Waals surface area contributed by atoms with Gasteiger partial charge in [0, 0.05) is 11.8 Å². The van der Waals surface area contributed by atoms with Crippen molar-refractivity contribution in [3.05, 3.63) is 0 Å². The van der Waals surface area contributed by atoms with Crippen LogP contribution in [0, 0.1) is 11.8 Å². The molecule has 0 aliphatic carbocycles. The van der Waals surface area contributed by atoms with E-state index in [1.54, 1.807) is 27.7 Å². The Morgan fingerprint density at radius 1 is 0.750 bits per heavy atom. The van der Waals surface area contributed by atoms with E-state index >= 15 is 0 Å². The standard InChI is InChI=1S/2C6H11NO3/c2*1-4(2)6(10)7-3-5(8)9/h2*4H,3H2,1-2H3,(H,7,10)(H,8,9). The number of rotatable bonds is 6. The number of aliphatic carboxylic acids is 2. The van der Waals surface area contributed by atoms with E-state index in [1.165, 1.54) is 0 Å². The molecule has 4 N–H and O–H groups in total. The molecule has 0 heterocycles. The van der Waals surface area contributed by atoms with Gasteiger partial charge in [0.15, 0.2) is 0 Å². The van der Waals surface area contributed by atoms with Crippen LogP contribution in [-0.4, -0.2) is 47.1 Å². The maximum absolute atomic E-state index is 10.7. The summed E-state index contributed by atoms with van der Waals surface area (Å²) in [5.74, 6) is -2.81. The van der Waals surface area contributed by atoms with Gasteiger partial charge in [0.25, 0.3) is 0 Å². The minimum atomic E-state index is -1.02. The number of carbonyl (C=O) groups excluding carboxylic acids is 2. The maximum Gasteiger partial charge on any atom is 0.322 e. The Morgan fingerprint density at radius 2 is 1.00 bits per heavy atom. The second-order valence-corrected chi connectivity index (χ2v) is 4.53. The largest absolute Gasteiger partial charge is 0.480 e. The summed E-state index contributed by atoms with van der Waals surface area (Å²) >= 11 is 0. The number of amides is 2. The molecule has 0 aromatic rings. The predicted molar refractivity (Wildman–Crippen MR) is 71.0 cm³/mol. The fourth-order valence-corrected chi connectivity index (χ4v) is 0.734. The Balaban J connectivity index is 0. The van der Waals surface area contributed by atoms with Gasteiger partial charge in [0.05, 0.1) is 0 Å². The van der Waals surface area contributed by atoms with Crippen molar-refractivity contribution < 1.29 is 29.4 Å². The molecular formula is C12H22N2O6. The molecule has 0 aromatic carbocycles. The predicted octanol–water partition coefficient (Wildman–Crippen LogP) is -0.314. The summed E-state index contributed by atoms with van der Waals surface area (Å²) in [6, 6.07) is 0. The van der Waals surface area contributed by atoms with Crippen molar-refractivity contribution in [1.29, 1.82) is 0 Å². The van der Waals surface area contributed by atoms with E-state index in [9.17, 15) is 19.2 Å². The second-order valence-electron chi connectivity index (χ2n) is 4.53. The van der Waals surface area contributed by atoms with Crippen LogP contribution in [-0.2, 0) is 19.2 Å². The summed E-state index contributed by atoms with van der Waals surface area (Å²) in [5, 5.41) is 20.7. The smallest absolute Gasteiger partial charge is 0.322 e. The Kier molecular flexibility index (Phi) is 10.9. The van der Waals surface area contributed by atoms with Crippen molar-refractivity contribution >= 4 is 23.8 Å². The van der Waals surface area contributed by atoms with Crippen LogP contribution in [0.25, 0.3) is 0 Å². The SMILES string of the molecule is CC(C)C(=O)NCC(=O)O.CC(C)C(=O)NCC(=O)O. The van der Waals surface area contributed by atoms with E-state index in [0.29, 0.717) is 0 Å². The zero-order chi connectivity index (χ0) is 16.3. The minimum Gasteiger partial charge on any atom is -0.480 e. The van der Waals surface area contributed by atoms with Gasteiger partial charge < -0.3 is 20.8 Å². The highest BCUT2D eigenvalue weighted by molar-refractivity contribution is 5.82. The second kappa shape index (κ2) is 10.8. The molecule has 0 saturated heterocycles. The molecule has 0 unspecified atom stereocenters. The first-order chi connectivity index (χ1) is 9.07. The van der Waals surface area contributed by atoms with E-state index in [4.69, 9.17) is 10.2 Å². The van der Waals surface area contributed by atoms with E-state index in [0.717, 1.165) is 0 Å².